The molecule has 0 radical (unpaired) electrons. The lowest BCUT2D eigenvalue weighted by atomic mass is 10.0. The highest BCUT2D eigenvalue weighted by molar-refractivity contribution is 7.13. The smallest absolute Gasteiger partial charge is 0.257 e. The zero-order valence-corrected chi connectivity index (χ0v) is 22.1. The molecule has 1 aliphatic heterocycles. The van der Waals surface area contributed by atoms with E-state index in [0.29, 0.717) is 49.5 Å². The van der Waals surface area contributed by atoms with Gasteiger partial charge >= 0.3 is 0 Å². The van der Waals surface area contributed by atoms with Crippen LogP contribution in [0.2, 0.25) is 10.0 Å². The second-order valence-corrected chi connectivity index (χ2v) is 10.7. The van der Waals surface area contributed by atoms with E-state index in [1.165, 1.54) is 16.0 Å². The van der Waals surface area contributed by atoms with E-state index in [4.69, 9.17) is 28.3 Å². The number of rotatable bonds is 7. The third-order valence-corrected chi connectivity index (χ3v) is 7.98. The number of anilines is 1. The second kappa shape index (κ2) is 10.1. The summed E-state index contributed by atoms with van der Waals surface area (Å²) < 4.78 is 17.4. The minimum Gasteiger partial charge on any atom is -0.396 e. The molecule has 8 nitrogen and oxygen atoms in total. The van der Waals surface area contributed by atoms with Gasteiger partial charge in [0.05, 0.1) is 28.6 Å². The number of benzene rings is 2. The van der Waals surface area contributed by atoms with Crippen LogP contribution in [0.1, 0.15) is 23.0 Å². The highest BCUT2D eigenvalue weighted by atomic mass is 35.5. The molecule has 1 unspecified atom stereocenters. The highest BCUT2D eigenvalue weighted by Gasteiger charge is 2.34. The first-order chi connectivity index (χ1) is 18.4. The number of nitrogens with one attached hydrogen (secondary N) is 1. The summed E-state index contributed by atoms with van der Waals surface area (Å²) in [5.74, 6) is -0.413. The molecule has 0 saturated heterocycles. The Morgan fingerprint density at radius 2 is 2.08 bits per heavy atom. The van der Waals surface area contributed by atoms with E-state index in [-0.39, 0.29) is 19.6 Å². The number of fused-ring (bicyclic) bond motifs is 2. The van der Waals surface area contributed by atoms with Crippen LogP contribution in [0.3, 0.4) is 0 Å². The Bertz CT molecular complexity index is 1630. The molecule has 2 atom stereocenters. The average molecular weight is 571 g/mol. The number of aliphatic hydroxyl groups is 1. The van der Waals surface area contributed by atoms with Gasteiger partial charge in [0.1, 0.15) is 11.7 Å². The minimum atomic E-state index is -1.04. The molecule has 5 aromatic rings. The molecule has 12 heteroatoms. The van der Waals surface area contributed by atoms with Crippen molar-refractivity contribution >= 4 is 56.5 Å². The maximum absolute atomic E-state index is 14.2. The molecule has 0 saturated carbocycles. The van der Waals surface area contributed by atoms with Gasteiger partial charge in [-0.25, -0.2) is 14.4 Å². The fourth-order valence-electron chi connectivity index (χ4n) is 4.79. The molecule has 6 rings (SSSR count). The summed E-state index contributed by atoms with van der Waals surface area (Å²) in [4.78, 5) is 22.2. The number of carbonyl (C=O) groups excluding carboxylic acids is 1. The summed E-state index contributed by atoms with van der Waals surface area (Å²) in [6, 6.07) is 8.45. The number of carbonyl (C=O) groups is 1. The molecule has 0 aliphatic carbocycles. The number of aliphatic hydroxyl groups excluding tert-OH is 1. The average Bonchev–Trinajstić information content (AvgIpc) is 3.69. The van der Waals surface area contributed by atoms with E-state index < -0.39 is 18.1 Å². The van der Waals surface area contributed by atoms with Crippen molar-refractivity contribution in [3.05, 3.63) is 81.4 Å². The van der Waals surface area contributed by atoms with Gasteiger partial charge in [-0.1, -0.05) is 47.5 Å². The summed E-state index contributed by atoms with van der Waals surface area (Å²) in [5, 5.41) is 20.3. The third kappa shape index (κ3) is 4.47. The molecule has 4 heterocycles. The molecule has 2 N–H and O–H groups in total. The van der Waals surface area contributed by atoms with Crippen molar-refractivity contribution in [3.63, 3.8) is 0 Å². The van der Waals surface area contributed by atoms with Gasteiger partial charge < -0.3 is 9.67 Å². The van der Waals surface area contributed by atoms with Crippen LogP contribution in [0.5, 0.6) is 0 Å². The van der Waals surface area contributed by atoms with E-state index in [0.717, 1.165) is 11.1 Å². The Labute approximate surface area is 230 Å². The van der Waals surface area contributed by atoms with E-state index in [2.05, 4.69) is 15.3 Å². The number of amides is 1. The first-order valence-electron chi connectivity index (χ1n) is 11.9. The zero-order valence-electron chi connectivity index (χ0n) is 19.8. The van der Waals surface area contributed by atoms with Gasteiger partial charge in [-0.15, -0.1) is 11.3 Å². The van der Waals surface area contributed by atoms with Crippen molar-refractivity contribution in [3.8, 4) is 11.1 Å². The van der Waals surface area contributed by atoms with Crippen LogP contribution >= 0.6 is 34.5 Å². The summed E-state index contributed by atoms with van der Waals surface area (Å²) in [6.45, 7) is 0.265. The standard InChI is InChI=1S/C26H21Cl2FN6O2S/c27-19-10-17(15-3-1-14(2-4-15)5-7-36)21(28)22-18(19)12-35(33-22)24(25(37)32-26-30-6-8-38-26)23-20-9-16(29)11-34(20)13-31-23/h1-4,6,8,10,12-13,16,24,36H,5,7,9,11H2,(H,30,32,37)/t16-,24?/m1/s1. The molecular weight excluding hydrogens is 550 g/mol. The first kappa shape index (κ1) is 25.0. The van der Waals surface area contributed by atoms with Gasteiger partial charge in [-0.2, -0.15) is 5.10 Å². The molecule has 1 amide bonds. The first-order valence-corrected chi connectivity index (χ1v) is 13.5. The highest BCUT2D eigenvalue weighted by Crippen LogP contribution is 2.39. The number of thiazole rings is 1. The van der Waals surface area contributed by atoms with Gasteiger partial charge in [0.15, 0.2) is 11.2 Å². The second-order valence-electron chi connectivity index (χ2n) is 9.02. The van der Waals surface area contributed by atoms with E-state index in [9.17, 15) is 14.3 Å². The van der Waals surface area contributed by atoms with Crippen LogP contribution in [0, 0.1) is 0 Å². The number of imidazole rings is 1. The quantitative estimate of drug-likeness (QED) is 0.276. The van der Waals surface area contributed by atoms with Gasteiger partial charge in [0.2, 0.25) is 0 Å². The zero-order chi connectivity index (χ0) is 26.4. The van der Waals surface area contributed by atoms with Crippen molar-refractivity contribution in [2.75, 3.05) is 11.9 Å². The summed E-state index contributed by atoms with van der Waals surface area (Å²) >= 11 is 14.8. The summed E-state index contributed by atoms with van der Waals surface area (Å²) in [7, 11) is 0. The van der Waals surface area contributed by atoms with Crippen molar-refractivity contribution in [2.24, 2.45) is 0 Å². The molecular formula is C26H21Cl2FN6O2S. The normalized spacial score (nSPS) is 15.6. The Balaban J connectivity index is 1.45. The van der Waals surface area contributed by atoms with E-state index >= 15 is 0 Å². The van der Waals surface area contributed by atoms with Crippen molar-refractivity contribution in [2.45, 2.75) is 31.6 Å². The Morgan fingerprint density at radius 1 is 1.26 bits per heavy atom. The topological polar surface area (TPSA) is 97.9 Å². The minimum absolute atomic E-state index is 0.0680. The predicted octanol–water partition coefficient (Wildman–Crippen LogP) is 5.32. The molecule has 194 valence electrons. The van der Waals surface area contributed by atoms with Crippen LogP contribution in [0.25, 0.3) is 22.0 Å². The lowest BCUT2D eigenvalue weighted by molar-refractivity contribution is -0.118. The number of alkyl halides is 1. The fraction of sp³-hybridized carbons (Fsp3) is 0.231. The number of halogens is 3. The van der Waals surface area contributed by atoms with Crippen molar-refractivity contribution in [1.82, 2.24) is 24.3 Å². The summed E-state index contributed by atoms with van der Waals surface area (Å²) in [6.07, 6.45) is 4.49. The molecule has 38 heavy (non-hydrogen) atoms. The molecule has 3 aromatic heterocycles. The van der Waals surface area contributed by atoms with Gasteiger partial charge in [0.25, 0.3) is 5.91 Å². The Hall–Kier alpha value is -3.31. The molecule has 0 bridgehead atoms. The largest absolute Gasteiger partial charge is 0.396 e. The predicted molar refractivity (Wildman–Crippen MR) is 146 cm³/mol. The van der Waals surface area contributed by atoms with Gasteiger partial charge in [-0.3, -0.25) is 14.8 Å². The number of hydrogen-bond donors (Lipinski definition) is 2. The Kier molecular flexibility index (Phi) is 6.65. The Morgan fingerprint density at radius 3 is 2.82 bits per heavy atom. The van der Waals surface area contributed by atoms with Crippen LogP contribution in [0.15, 0.2) is 54.4 Å². The van der Waals surface area contributed by atoms with Gasteiger partial charge in [0, 0.05) is 47.4 Å². The maximum Gasteiger partial charge on any atom is 0.257 e. The van der Waals surface area contributed by atoms with E-state index in [1.807, 2.05) is 24.3 Å². The monoisotopic (exact) mass is 570 g/mol. The number of aromatic nitrogens is 5. The lowest BCUT2D eigenvalue weighted by Crippen LogP contribution is -2.28. The number of nitrogens with zero attached hydrogens (tertiary/aromatic N) is 5. The van der Waals surface area contributed by atoms with E-state index in [1.54, 1.807) is 34.7 Å². The fourth-order valence-corrected chi connectivity index (χ4v) is 5.88. The molecule has 0 spiro atoms. The van der Waals surface area contributed by atoms with Gasteiger partial charge in [-0.05, 0) is 23.6 Å². The van der Waals surface area contributed by atoms with Crippen LogP contribution in [-0.4, -0.2) is 48.1 Å². The molecule has 2 aromatic carbocycles. The van der Waals surface area contributed by atoms with Crippen LogP contribution in [-0.2, 0) is 24.2 Å². The molecule has 0 fully saturated rings. The maximum atomic E-state index is 14.2. The number of hydrogen-bond acceptors (Lipinski definition) is 6. The van der Waals surface area contributed by atoms with Crippen LogP contribution < -0.4 is 5.32 Å². The van der Waals surface area contributed by atoms with Crippen LogP contribution in [0.4, 0.5) is 9.52 Å². The van der Waals surface area contributed by atoms with Crippen molar-refractivity contribution in [1.29, 1.82) is 0 Å². The summed E-state index contributed by atoms with van der Waals surface area (Å²) in [5.41, 5.74) is 4.03. The SMILES string of the molecule is O=C(Nc1nccs1)C(c1ncn2c1C[C@@H](F)C2)n1cc2c(Cl)cc(-c3ccc(CCO)cc3)c(Cl)c2n1. The lowest BCUT2D eigenvalue weighted by Gasteiger charge is -2.16. The third-order valence-electron chi connectivity index (χ3n) is 6.59. The molecule has 1 aliphatic rings. The van der Waals surface area contributed by atoms with Crippen molar-refractivity contribution < 1.29 is 14.3 Å².